The zero-order valence-corrected chi connectivity index (χ0v) is 12.3. The molecule has 0 aromatic carbocycles. The van der Waals surface area contributed by atoms with E-state index in [0.717, 1.165) is 11.3 Å². The Kier molecular flexibility index (Phi) is 3.98. The van der Waals surface area contributed by atoms with Crippen LogP contribution < -0.4 is 4.72 Å². The molecule has 0 fully saturated rings. The maximum atomic E-state index is 12.0. The van der Waals surface area contributed by atoms with E-state index >= 15 is 0 Å². The first-order valence-corrected chi connectivity index (χ1v) is 7.78. The van der Waals surface area contributed by atoms with Gasteiger partial charge in [0.2, 0.25) is 5.28 Å². The second-order valence-corrected chi connectivity index (χ2v) is 7.28. The number of anilines is 1. The third-order valence-electron chi connectivity index (χ3n) is 1.78. The highest BCUT2D eigenvalue weighted by Crippen LogP contribution is 2.34. The fraction of sp³-hybridized carbons (Fsp3) is 0. The summed E-state index contributed by atoms with van der Waals surface area (Å²) >= 11 is 18.0. The number of hydrogen-bond donors (Lipinski definition) is 1. The Labute approximate surface area is 122 Å². The molecule has 0 saturated carbocycles. The number of rotatable bonds is 3. The van der Waals surface area contributed by atoms with E-state index in [4.69, 9.17) is 34.8 Å². The van der Waals surface area contributed by atoms with Crippen molar-refractivity contribution in [1.29, 1.82) is 0 Å². The van der Waals surface area contributed by atoms with Crippen LogP contribution in [-0.2, 0) is 10.0 Å². The molecule has 2 aromatic heterocycles. The van der Waals surface area contributed by atoms with Crippen molar-refractivity contribution in [2.75, 3.05) is 4.72 Å². The van der Waals surface area contributed by atoms with Gasteiger partial charge in [-0.1, -0.05) is 23.2 Å². The molecule has 0 spiro atoms. The quantitative estimate of drug-likeness (QED) is 0.867. The van der Waals surface area contributed by atoms with Crippen LogP contribution in [0.4, 0.5) is 5.82 Å². The third-order valence-corrected chi connectivity index (χ3v) is 5.07. The van der Waals surface area contributed by atoms with E-state index in [1.54, 1.807) is 0 Å². The highest BCUT2D eigenvalue weighted by molar-refractivity contribution is 7.93. The summed E-state index contributed by atoms with van der Waals surface area (Å²) in [5.74, 6) is 0.0494. The first kappa shape index (κ1) is 13.8. The molecule has 2 rings (SSSR count). The molecule has 0 saturated heterocycles. The van der Waals surface area contributed by atoms with Gasteiger partial charge in [-0.05, 0) is 23.7 Å². The zero-order chi connectivity index (χ0) is 13.3. The lowest BCUT2D eigenvalue weighted by molar-refractivity contribution is 0.601. The molecule has 2 aromatic rings. The van der Waals surface area contributed by atoms with E-state index < -0.39 is 10.0 Å². The summed E-state index contributed by atoms with van der Waals surface area (Å²) in [6.45, 7) is 0. The van der Waals surface area contributed by atoms with Gasteiger partial charge in [-0.2, -0.15) is 4.98 Å². The molecule has 2 heterocycles. The van der Waals surface area contributed by atoms with Crippen LogP contribution >= 0.6 is 46.1 Å². The molecule has 0 bridgehead atoms. The lowest BCUT2D eigenvalue weighted by Crippen LogP contribution is -2.13. The number of nitrogens with zero attached hydrogens (tertiary/aromatic N) is 2. The van der Waals surface area contributed by atoms with E-state index in [9.17, 15) is 8.42 Å². The van der Waals surface area contributed by atoms with Crippen molar-refractivity contribution >= 4 is 62.0 Å². The van der Waals surface area contributed by atoms with E-state index in [2.05, 4.69) is 14.7 Å². The number of aromatic nitrogens is 2. The summed E-state index contributed by atoms with van der Waals surface area (Å²) in [4.78, 5) is 7.25. The summed E-state index contributed by atoms with van der Waals surface area (Å²) in [7, 11) is -3.84. The normalized spacial score (nSPS) is 11.5. The molecule has 1 N–H and O–H groups in total. The van der Waals surface area contributed by atoms with Crippen molar-refractivity contribution in [2.45, 2.75) is 4.90 Å². The first-order valence-electron chi connectivity index (χ1n) is 4.35. The highest BCUT2D eigenvalue weighted by atomic mass is 35.5. The molecule has 18 heavy (non-hydrogen) atoms. The van der Waals surface area contributed by atoms with Gasteiger partial charge < -0.3 is 0 Å². The molecule has 5 nitrogen and oxygen atoms in total. The zero-order valence-electron chi connectivity index (χ0n) is 8.39. The number of thiophene rings is 1. The third kappa shape index (κ3) is 3.04. The Morgan fingerprint density at radius 2 is 2.00 bits per heavy atom. The molecule has 0 aliphatic heterocycles. The Morgan fingerprint density at radius 1 is 1.28 bits per heavy atom. The van der Waals surface area contributed by atoms with Gasteiger partial charge >= 0.3 is 0 Å². The van der Waals surface area contributed by atoms with E-state index in [1.807, 2.05) is 0 Å². The van der Waals surface area contributed by atoms with Gasteiger partial charge in [0, 0.05) is 6.20 Å². The molecule has 0 aliphatic rings. The molecule has 0 aliphatic carbocycles. The minimum Gasteiger partial charge on any atom is -0.263 e. The SMILES string of the molecule is O=S(=O)(Nc1ccnc(Cl)n1)c1cc(Cl)sc1Cl. The van der Waals surface area contributed by atoms with Crippen LogP contribution in [0, 0.1) is 0 Å². The standard InChI is InChI=1S/C8H4Cl3N3O2S2/c9-5-3-4(7(10)17-5)18(15,16)14-6-1-2-12-8(11)13-6/h1-3H,(H,12,13,14). The number of hydrogen-bond acceptors (Lipinski definition) is 5. The maximum absolute atomic E-state index is 12.0. The Morgan fingerprint density at radius 3 is 2.56 bits per heavy atom. The van der Waals surface area contributed by atoms with Gasteiger partial charge in [0.25, 0.3) is 10.0 Å². The predicted octanol–water partition coefficient (Wildman–Crippen LogP) is 3.30. The largest absolute Gasteiger partial charge is 0.265 e. The summed E-state index contributed by atoms with van der Waals surface area (Å²) in [6.07, 6.45) is 1.33. The van der Waals surface area contributed by atoms with Gasteiger partial charge in [-0.25, -0.2) is 13.4 Å². The fourth-order valence-electron chi connectivity index (χ4n) is 1.09. The molecule has 0 radical (unpaired) electrons. The summed E-state index contributed by atoms with van der Waals surface area (Å²) < 4.78 is 26.6. The van der Waals surface area contributed by atoms with E-state index in [1.165, 1.54) is 18.3 Å². The molecular formula is C8H4Cl3N3O2S2. The van der Waals surface area contributed by atoms with Gasteiger partial charge in [-0.3, -0.25) is 4.72 Å². The summed E-state index contributed by atoms with van der Waals surface area (Å²) in [5.41, 5.74) is 0. The maximum Gasteiger partial charge on any atom is 0.265 e. The van der Waals surface area contributed by atoms with E-state index in [-0.39, 0.29) is 24.7 Å². The lowest BCUT2D eigenvalue weighted by Gasteiger charge is -2.05. The fourth-order valence-corrected chi connectivity index (χ4v) is 4.39. The summed E-state index contributed by atoms with van der Waals surface area (Å²) in [6, 6.07) is 2.63. The van der Waals surface area contributed by atoms with Crippen LogP contribution in [-0.4, -0.2) is 18.4 Å². The number of halogens is 3. The van der Waals surface area contributed by atoms with Crippen molar-refractivity contribution in [3.05, 3.63) is 32.3 Å². The Hall–Kier alpha value is -0.600. The summed E-state index contributed by atoms with van der Waals surface area (Å²) in [5, 5.41) is -0.0651. The molecular weight excluding hydrogens is 341 g/mol. The molecule has 0 amide bonds. The van der Waals surface area contributed by atoms with Crippen molar-refractivity contribution in [3.8, 4) is 0 Å². The monoisotopic (exact) mass is 343 g/mol. The predicted molar refractivity (Wildman–Crippen MR) is 72.2 cm³/mol. The number of sulfonamides is 1. The van der Waals surface area contributed by atoms with Gasteiger partial charge in [0.05, 0.1) is 4.34 Å². The Bertz CT molecular complexity index is 687. The van der Waals surface area contributed by atoms with Gasteiger partial charge in [-0.15, -0.1) is 11.3 Å². The van der Waals surface area contributed by atoms with Crippen molar-refractivity contribution in [2.24, 2.45) is 0 Å². The van der Waals surface area contributed by atoms with Crippen LogP contribution in [0.2, 0.25) is 14.0 Å². The minimum atomic E-state index is -3.84. The second-order valence-electron chi connectivity index (χ2n) is 3.00. The molecule has 96 valence electrons. The highest BCUT2D eigenvalue weighted by Gasteiger charge is 2.21. The average molecular weight is 345 g/mol. The molecule has 0 atom stereocenters. The van der Waals surface area contributed by atoms with E-state index in [0.29, 0.717) is 0 Å². The van der Waals surface area contributed by atoms with Crippen molar-refractivity contribution in [3.63, 3.8) is 0 Å². The van der Waals surface area contributed by atoms with Crippen LogP contribution in [0.25, 0.3) is 0 Å². The van der Waals surface area contributed by atoms with Gasteiger partial charge in [0.15, 0.2) is 0 Å². The second kappa shape index (κ2) is 5.18. The van der Waals surface area contributed by atoms with Crippen LogP contribution in [0.3, 0.4) is 0 Å². The van der Waals surface area contributed by atoms with Crippen LogP contribution in [0.5, 0.6) is 0 Å². The molecule has 0 unspecified atom stereocenters. The van der Waals surface area contributed by atoms with Gasteiger partial charge in [0.1, 0.15) is 15.0 Å². The Balaban J connectivity index is 2.36. The minimum absolute atomic E-state index is 0.0494. The molecule has 10 heteroatoms. The smallest absolute Gasteiger partial charge is 0.263 e. The van der Waals surface area contributed by atoms with Crippen molar-refractivity contribution in [1.82, 2.24) is 9.97 Å². The number of nitrogens with one attached hydrogen (secondary N) is 1. The van der Waals surface area contributed by atoms with Crippen LogP contribution in [0.1, 0.15) is 0 Å². The first-order chi connectivity index (χ1) is 8.38. The lowest BCUT2D eigenvalue weighted by atomic mass is 10.6. The van der Waals surface area contributed by atoms with Crippen molar-refractivity contribution < 1.29 is 8.42 Å². The van der Waals surface area contributed by atoms with Crippen LogP contribution in [0.15, 0.2) is 23.2 Å². The average Bonchev–Trinajstić information content (AvgIpc) is 2.58. The topological polar surface area (TPSA) is 72.0 Å².